The molecule has 9 heteroatoms. The largest absolute Gasteiger partial charge is 0.366 e. The number of fused-ring (bicyclic) bond motifs is 2. The molecule has 8 nitrogen and oxygen atoms in total. The fourth-order valence-electron chi connectivity index (χ4n) is 3.13. The number of amides is 2. The second-order valence-electron chi connectivity index (χ2n) is 6.64. The Balaban J connectivity index is 0.000000491. The van der Waals surface area contributed by atoms with Gasteiger partial charge in [0.15, 0.2) is 0 Å². The van der Waals surface area contributed by atoms with Gasteiger partial charge >= 0.3 is 0 Å². The molecule has 0 atom stereocenters. The van der Waals surface area contributed by atoms with Crippen molar-refractivity contribution in [3.8, 4) is 0 Å². The minimum atomic E-state index is -3.67. The van der Waals surface area contributed by atoms with Gasteiger partial charge in [-0.05, 0) is 29.7 Å². The third-order valence-electron chi connectivity index (χ3n) is 4.30. The fraction of sp³-hybridized carbons (Fsp3) is 0.0455. The zero-order chi connectivity index (χ0) is 22.6. The fourth-order valence-corrected chi connectivity index (χ4v) is 3.13. The molecule has 31 heavy (non-hydrogen) atoms. The molecule has 0 aliphatic rings. The number of aromatic nitrogens is 1. The van der Waals surface area contributed by atoms with Crippen LogP contribution < -0.4 is 11.1 Å². The number of nitrogens with one attached hydrogen (secondary N) is 1. The maximum atomic E-state index is 13.0. The second kappa shape index (κ2) is 8.90. The lowest BCUT2D eigenvalue weighted by atomic mass is 9.98. The molecule has 0 unspecified atom stereocenters. The summed E-state index contributed by atoms with van der Waals surface area (Å²) in [5, 5.41) is 5.17. The van der Waals surface area contributed by atoms with E-state index in [1.165, 1.54) is 0 Å². The number of benzene rings is 3. The summed E-state index contributed by atoms with van der Waals surface area (Å²) in [6, 6.07) is 19.9. The highest BCUT2D eigenvalue weighted by Crippen LogP contribution is 2.26. The number of nitrogens with zero attached hydrogens (tertiary/aromatic N) is 1. The first-order valence-corrected chi connectivity index (χ1v) is 10.9. The van der Waals surface area contributed by atoms with Crippen LogP contribution in [-0.2, 0) is 10.1 Å². The first-order valence-electron chi connectivity index (χ1n) is 9.04. The van der Waals surface area contributed by atoms with Gasteiger partial charge in [0, 0.05) is 28.1 Å². The topological polar surface area (TPSA) is 139 Å². The molecule has 0 bridgehead atoms. The van der Waals surface area contributed by atoms with Crippen LogP contribution in [0.5, 0.6) is 0 Å². The van der Waals surface area contributed by atoms with Gasteiger partial charge in [-0.1, -0.05) is 42.5 Å². The van der Waals surface area contributed by atoms with Gasteiger partial charge in [0.05, 0.1) is 17.5 Å². The van der Waals surface area contributed by atoms with E-state index in [1.54, 1.807) is 36.5 Å². The Labute approximate surface area is 178 Å². The van der Waals surface area contributed by atoms with Gasteiger partial charge in [0.25, 0.3) is 16.0 Å². The van der Waals surface area contributed by atoms with Gasteiger partial charge in [0.2, 0.25) is 5.91 Å². The molecule has 0 fully saturated rings. The smallest absolute Gasteiger partial charge is 0.261 e. The van der Waals surface area contributed by atoms with E-state index in [0.29, 0.717) is 34.0 Å². The number of rotatable bonds is 3. The summed E-state index contributed by atoms with van der Waals surface area (Å²) in [5.74, 6) is -0.884. The summed E-state index contributed by atoms with van der Waals surface area (Å²) in [6.45, 7) is 0. The van der Waals surface area contributed by atoms with Crippen molar-refractivity contribution in [1.29, 1.82) is 0 Å². The highest BCUT2D eigenvalue weighted by molar-refractivity contribution is 7.85. The molecule has 4 rings (SSSR count). The molecule has 1 aromatic heterocycles. The zero-order valence-corrected chi connectivity index (χ0v) is 17.3. The summed E-state index contributed by atoms with van der Waals surface area (Å²) in [5.41, 5.74) is 7.53. The van der Waals surface area contributed by atoms with Crippen molar-refractivity contribution in [3.05, 3.63) is 84.1 Å². The van der Waals surface area contributed by atoms with Crippen LogP contribution in [0.15, 0.2) is 72.9 Å². The standard InChI is InChI=1S/C21H15N3O2.CH4O3S/c22-20(25)15-9-1-5-13-6-2-10-16(18(13)15)21(26)24-17-11-3-7-14-8-4-12-23-19(14)17;1-5(2,3)4/h1-12H,(H2,22,25)(H,24,26);1H3,(H,2,3,4). The molecule has 0 spiro atoms. The second-order valence-corrected chi connectivity index (χ2v) is 8.11. The Kier molecular flexibility index (Phi) is 6.28. The summed E-state index contributed by atoms with van der Waals surface area (Å²) in [4.78, 5) is 29.1. The maximum absolute atomic E-state index is 13.0. The van der Waals surface area contributed by atoms with Crippen LogP contribution in [0.3, 0.4) is 0 Å². The number of hydrogen-bond acceptors (Lipinski definition) is 5. The van der Waals surface area contributed by atoms with E-state index in [-0.39, 0.29) is 5.91 Å². The third-order valence-corrected chi connectivity index (χ3v) is 4.30. The van der Waals surface area contributed by atoms with Crippen LogP contribution in [-0.4, -0.2) is 36.0 Å². The van der Waals surface area contributed by atoms with Gasteiger partial charge < -0.3 is 11.1 Å². The quantitative estimate of drug-likeness (QED) is 0.420. The number of carbonyl (C=O) groups excluding carboxylic acids is 2. The third kappa shape index (κ3) is 5.41. The first kappa shape index (κ1) is 21.9. The first-order chi connectivity index (χ1) is 14.6. The number of hydrogen-bond donors (Lipinski definition) is 3. The molecule has 3 aromatic carbocycles. The van der Waals surface area contributed by atoms with Crippen LogP contribution in [0, 0.1) is 0 Å². The van der Waals surface area contributed by atoms with Gasteiger partial charge in [-0.3, -0.25) is 19.1 Å². The van der Waals surface area contributed by atoms with Crippen LogP contribution >= 0.6 is 0 Å². The average Bonchev–Trinajstić information content (AvgIpc) is 2.72. The predicted molar refractivity (Wildman–Crippen MR) is 120 cm³/mol. The van der Waals surface area contributed by atoms with E-state index >= 15 is 0 Å². The van der Waals surface area contributed by atoms with Crippen molar-refractivity contribution in [2.75, 3.05) is 11.6 Å². The molecule has 4 aromatic rings. The van der Waals surface area contributed by atoms with Gasteiger partial charge in [-0.15, -0.1) is 0 Å². The van der Waals surface area contributed by atoms with Gasteiger partial charge in [0.1, 0.15) is 0 Å². The summed E-state index contributed by atoms with van der Waals surface area (Å²) < 4.78 is 25.9. The highest BCUT2D eigenvalue weighted by atomic mass is 32.2. The van der Waals surface area contributed by atoms with Crippen LogP contribution in [0.25, 0.3) is 21.7 Å². The van der Waals surface area contributed by atoms with E-state index in [4.69, 9.17) is 10.3 Å². The van der Waals surface area contributed by atoms with Crippen molar-refractivity contribution >= 4 is 49.3 Å². The van der Waals surface area contributed by atoms with E-state index in [0.717, 1.165) is 10.8 Å². The van der Waals surface area contributed by atoms with E-state index in [2.05, 4.69) is 10.3 Å². The number of anilines is 1. The normalized spacial score (nSPS) is 10.9. The minimum absolute atomic E-state index is 0.317. The molecule has 2 amide bonds. The summed E-state index contributed by atoms with van der Waals surface area (Å²) in [7, 11) is -3.67. The number of carbonyl (C=O) groups is 2. The maximum Gasteiger partial charge on any atom is 0.261 e. The summed E-state index contributed by atoms with van der Waals surface area (Å²) in [6.07, 6.45) is 2.40. The van der Waals surface area contributed by atoms with Crippen LogP contribution in [0.4, 0.5) is 5.69 Å². The Morgan fingerprint density at radius 3 is 2.10 bits per heavy atom. The SMILES string of the molecule is CS(=O)(=O)O.NC(=O)c1cccc2cccc(C(=O)Nc3cccc4cccnc34)c12. The Morgan fingerprint density at radius 1 is 0.903 bits per heavy atom. The monoisotopic (exact) mass is 437 g/mol. The van der Waals surface area contributed by atoms with Crippen molar-refractivity contribution in [3.63, 3.8) is 0 Å². The molecule has 0 saturated carbocycles. The predicted octanol–water partition coefficient (Wildman–Crippen LogP) is 3.24. The van der Waals surface area contributed by atoms with E-state index < -0.39 is 16.0 Å². The number of para-hydroxylation sites is 1. The molecule has 1 heterocycles. The Morgan fingerprint density at radius 2 is 1.45 bits per heavy atom. The molecule has 158 valence electrons. The Bertz CT molecular complexity index is 1380. The van der Waals surface area contributed by atoms with Crippen molar-refractivity contribution < 1.29 is 22.6 Å². The van der Waals surface area contributed by atoms with Crippen molar-refractivity contribution in [1.82, 2.24) is 4.98 Å². The lowest BCUT2D eigenvalue weighted by molar-refractivity contribution is 0.100. The molecule has 0 aliphatic heterocycles. The molecule has 4 N–H and O–H groups in total. The minimum Gasteiger partial charge on any atom is -0.366 e. The highest BCUT2D eigenvalue weighted by Gasteiger charge is 2.16. The lowest BCUT2D eigenvalue weighted by Gasteiger charge is -2.11. The van der Waals surface area contributed by atoms with Crippen molar-refractivity contribution in [2.24, 2.45) is 5.73 Å². The van der Waals surface area contributed by atoms with Gasteiger partial charge in [-0.2, -0.15) is 8.42 Å². The number of pyridine rings is 1. The van der Waals surface area contributed by atoms with Crippen molar-refractivity contribution in [2.45, 2.75) is 0 Å². The molecule has 0 radical (unpaired) electrons. The zero-order valence-electron chi connectivity index (χ0n) is 16.4. The number of primary amides is 1. The van der Waals surface area contributed by atoms with Crippen LogP contribution in [0.1, 0.15) is 20.7 Å². The van der Waals surface area contributed by atoms with Crippen LogP contribution in [0.2, 0.25) is 0 Å². The molecular weight excluding hydrogens is 418 g/mol. The lowest BCUT2D eigenvalue weighted by Crippen LogP contribution is -2.16. The molecule has 0 saturated heterocycles. The van der Waals surface area contributed by atoms with E-state index in [1.807, 2.05) is 36.4 Å². The molecule has 0 aliphatic carbocycles. The van der Waals surface area contributed by atoms with Gasteiger partial charge in [-0.25, -0.2) is 0 Å². The average molecular weight is 437 g/mol. The van der Waals surface area contributed by atoms with E-state index in [9.17, 15) is 18.0 Å². The number of nitrogens with two attached hydrogens (primary N) is 1. The Hall–Kier alpha value is -3.82. The summed E-state index contributed by atoms with van der Waals surface area (Å²) >= 11 is 0. The molecular formula is C22H19N3O5S.